The van der Waals surface area contributed by atoms with Crippen LogP contribution in [0.2, 0.25) is 0 Å². The van der Waals surface area contributed by atoms with Crippen molar-refractivity contribution in [2.45, 2.75) is 6.42 Å². The summed E-state index contributed by atoms with van der Waals surface area (Å²) in [7, 11) is -2.87. The summed E-state index contributed by atoms with van der Waals surface area (Å²) < 4.78 is 27.2. The Hall–Kier alpha value is -1.30. The highest BCUT2D eigenvalue weighted by atomic mass is 32.2. The SMILES string of the molecule is O=C(NC[C@@H]1CCS(=O)(=O)C1)c1ccoc1. The highest BCUT2D eigenvalue weighted by Crippen LogP contribution is 2.17. The topological polar surface area (TPSA) is 76.4 Å². The Kier molecular flexibility index (Phi) is 3.00. The number of carbonyl (C=O) groups is 1. The molecular formula is C10H13NO4S. The second-order valence-corrected chi connectivity index (χ2v) is 6.22. The molecule has 0 aromatic carbocycles. The van der Waals surface area contributed by atoms with E-state index in [1.54, 1.807) is 6.07 Å². The molecule has 1 atom stereocenters. The van der Waals surface area contributed by atoms with E-state index in [1.165, 1.54) is 12.5 Å². The highest BCUT2D eigenvalue weighted by molar-refractivity contribution is 7.91. The fraction of sp³-hybridized carbons (Fsp3) is 0.500. The van der Waals surface area contributed by atoms with Gasteiger partial charge in [0.05, 0.1) is 23.3 Å². The number of nitrogens with one attached hydrogen (secondary N) is 1. The smallest absolute Gasteiger partial charge is 0.254 e. The number of amides is 1. The van der Waals surface area contributed by atoms with Crippen LogP contribution in [-0.4, -0.2) is 32.4 Å². The first kappa shape index (κ1) is 11.2. The Morgan fingerprint density at radius 1 is 1.56 bits per heavy atom. The van der Waals surface area contributed by atoms with Gasteiger partial charge in [-0.2, -0.15) is 0 Å². The molecule has 88 valence electrons. The number of sulfone groups is 1. The molecule has 1 N–H and O–H groups in total. The molecule has 1 aliphatic rings. The predicted octanol–water partition coefficient (Wildman–Crippen LogP) is 0.444. The molecule has 1 aromatic heterocycles. The number of hydrogen-bond acceptors (Lipinski definition) is 4. The lowest BCUT2D eigenvalue weighted by atomic mass is 10.1. The van der Waals surface area contributed by atoms with Crippen molar-refractivity contribution < 1.29 is 17.6 Å². The quantitative estimate of drug-likeness (QED) is 0.836. The van der Waals surface area contributed by atoms with Crippen LogP contribution in [0.15, 0.2) is 23.0 Å². The van der Waals surface area contributed by atoms with Crippen LogP contribution in [0.5, 0.6) is 0 Å². The van der Waals surface area contributed by atoms with Crippen molar-refractivity contribution in [3.05, 3.63) is 24.2 Å². The Morgan fingerprint density at radius 2 is 2.38 bits per heavy atom. The number of hydrogen-bond donors (Lipinski definition) is 1. The third-order valence-electron chi connectivity index (χ3n) is 2.66. The molecule has 6 heteroatoms. The predicted molar refractivity (Wildman–Crippen MR) is 57.8 cm³/mol. The fourth-order valence-electron chi connectivity index (χ4n) is 1.77. The van der Waals surface area contributed by atoms with Gasteiger partial charge in [-0.1, -0.05) is 0 Å². The second-order valence-electron chi connectivity index (χ2n) is 3.99. The van der Waals surface area contributed by atoms with Gasteiger partial charge in [-0.15, -0.1) is 0 Å². The largest absolute Gasteiger partial charge is 0.472 e. The van der Waals surface area contributed by atoms with Crippen LogP contribution in [0.4, 0.5) is 0 Å². The van der Waals surface area contributed by atoms with E-state index < -0.39 is 9.84 Å². The zero-order chi connectivity index (χ0) is 11.6. The highest BCUT2D eigenvalue weighted by Gasteiger charge is 2.27. The Bertz CT molecular complexity index is 463. The Balaban J connectivity index is 1.83. The van der Waals surface area contributed by atoms with Gasteiger partial charge in [-0.3, -0.25) is 4.79 Å². The van der Waals surface area contributed by atoms with Crippen LogP contribution in [-0.2, 0) is 9.84 Å². The summed E-state index contributed by atoms with van der Waals surface area (Å²) >= 11 is 0. The molecular weight excluding hydrogens is 230 g/mol. The third kappa shape index (κ3) is 2.63. The molecule has 1 saturated heterocycles. The van der Waals surface area contributed by atoms with E-state index in [9.17, 15) is 13.2 Å². The molecule has 1 fully saturated rings. The van der Waals surface area contributed by atoms with E-state index >= 15 is 0 Å². The van der Waals surface area contributed by atoms with Crippen molar-refractivity contribution in [2.24, 2.45) is 5.92 Å². The maximum Gasteiger partial charge on any atom is 0.254 e. The molecule has 1 aromatic rings. The molecule has 0 saturated carbocycles. The summed E-state index contributed by atoms with van der Waals surface area (Å²) in [6.45, 7) is 0.406. The number of rotatable bonds is 3. The van der Waals surface area contributed by atoms with Crippen molar-refractivity contribution in [3.8, 4) is 0 Å². The molecule has 0 aliphatic carbocycles. The van der Waals surface area contributed by atoms with Gasteiger partial charge in [-0.25, -0.2) is 8.42 Å². The lowest BCUT2D eigenvalue weighted by Crippen LogP contribution is -2.29. The molecule has 0 radical (unpaired) electrons. The summed E-state index contributed by atoms with van der Waals surface area (Å²) in [5.74, 6) is 0.233. The van der Waals surface area contributed by atoms with Crippen LogP contribution in [0.25, 0.3) is 0 Å². The van der Waals surface area contributed by atoms with Gasteiger partial charge in [0.2, 0.25) is 0 Å². The van der Waals surface area contributed by atoms with Crippen molar-refractivity contribution in [2.75, 3.05) is 18.1 Å². The first-order chi connectivity index (χ1) is 7.57. The molecule has 0 bridgehead atoms. The van der Waals surface area contributed by atoms with Gasteiger partial charge in [0.1, 0.15) is 6.26 Å². The number of furan rings is 1. The monoisotopic (exact) mass is 243 g/mol. The van der Waals surface area contributed by atoms with Gasteiger partial charge < -0.3 is 9.73 Å². The van der Waals surface area contributed by atoms with Gasteiger partial charge in [0.15, 0.2) is 9.84 Å². The summed E-state index contributed by atoms with van der Waals surface area (Å²) in [5, 5.41) is 2.70. The van der Waals surface area contributed by atoms with Gasteiger partial charge in [0.25, 0.3) is 5.91 Å². The fourth-order valence-corrected chi connectivity index (χ4v) is 3.63. The molecule has 2 heterocycles. The number of carbonyl (C=O) groups excluding carboxylic acids is 1. The Morgan fingerprint density at radius 3 is 2.94 bits per heavy atom. The van der Waals surface area contributed by atoms with Crippen LogP contribution in [0, 0.1) is 5.92 Å². The van der Waals surface area contributed by atoms with Crippen LogP contribution in [0.3, 0.4) is 0 Å². The molecule has 16 heavy (non-hydrogen) atoms. The van der Waals surface area contributed by atoms with Crippen LogP contribution in [0.1, 0.15) is 16.8 Å². The summed E-state index contributed by atoms with van der Waals surface area (Å²) in [4.78, 5) is 11.5. The van der Waals surface area contributed by atoms with Crippen LogP contribution < -0.4 is 5.32 Å². The van der Waals surface area contributed by atoms with Gasteiger partial charge >= 0.3 is 0 Å². The molecule has 0 unspecified atom stereocenters. The Labute approximate surface area is 93.7 Å². The van der Waals surface area contributed by atoms with E-state index in [0.717, 1.165) is 0 Å². The van der Waals surface area contributed by atoms with Crippen molar-refractivity contribution in [3.63, 3.8) is 0 Å². The second kappa shape index (κ2) is 4.29. The van der Waals surface area contributed by atoms with Crippen LogP contribution >= 0.6 is 0 Å². The molecule has 0 spiro atoms. The van der Waals surface area contributed by atoms with E-state index in [0.29, 0.717) is 18.5 Å². The average molecular weight is 243 g/mol. The molecule has 1 amide bonds. The average Bonchev–Trinajstić information content (AvgIpc) is 2.83. The van der Waals surface area contributed by atoms with E-state index in [4.69, 9.17) is 4.42 Å². The molecule has 5 nitrogen and oxygen atoms in total. The first-order valence-corrected chi connectivity index (χ1v) is 6.90. The lowest BCUT2D eigenvalue weighted by molar-refractivity contribution is 0.0948. The standard InChI is InChI=1S/C10H13NO4S/c12-10(9-1-3-15-6-9)11-5-8-2-4-16(13,14)7-8/h1,3,6,8H,2,4-5,7H2,(H,11,12)/t8-/m0/s1. The summed E-state index contributed by atoms with van der Waals surface area (Å²) in [6.07, 6.45) is 3.42. The van der Waals surface area contributed by atoms with Crippen molar-refractivity contribution in [1.82, 2.24) is 5.32 Å². The third-order valence-corrected chi connectivity index (χ3v) is 4.50. The van der Waals surface area contributed by atoms with Gasteiger partial charge in [-0.05, 0) is 18.4 Å². The van der Waals surface area contributed by atoms with E-state index in [-0.39, 0.29) is 23.3 Å². The zero-order valence-corrected chi connectivity index (χ0v) is 9.50. The summed E-state index contributed by atoms with van der Waals surface area (Å²) in [6, 6.07) is 1.57. The summed E-state index contributed by atoms with van der Waals surface area (Å²) in [5.41, 5.74) is 0.459. The minimum Gasteiger partial charge on any atom is -0.472 e. The van der Waals surface area contributed by atoms with Crippen molar-refractivity contribution >= 4 is 15.7 Å². The minimum atomic E-state index is -2.87. The maximum atomic E-state index is 11.5. The van der Waals surface area contributed by atoms with Crippen molar-refractivity contribution in [1.29, 1.82) is 0 Å². The normalized spacial score (nSPS) is 23.1. The molecule has 2 rings (SSSR count). The zero-order valence-electron chi connectivity index (χ0n) is 8.68. The lowest BCUT2D eigenvalue weighted by Gasteiger charge is -2.08. The minimum absolute atomic E-state index is 0.0425. The maximum absolute atomic E-state index is 11.5. The van der Waals surface area contributed by atoms with E-state index in [1.807, 2.05) is 0 Å². The molecule has 1 aliphatic heterocycles. The van der Waals surface area contributed by atoms with E-state index in [2.05, 4.69) is 5.32 Å². The first-order valence-electron chi connectivity index (χ1n) is 5.08. The van der Waals surface area contributed by atoms with Gasteiger partial charge in [0, 0.05) is 6.54 Å².